The summed E-state index contributed by atoms with van der Waals surface area (Å²) in [6.07, 6.45) is 0.484. The highest BCUT2D eigenvalue weighted by molar-refractivity contribution is 5.94. The molecule has 1 saturated heterocycles. The number of anilines is 2. The van der Waals surface area contributed by atoms with Crippen LogP contribution in [-0.4, -0.2) is 48.8 Å². The zero-order valence-electron chi connectivity index (χ0n) is 15.1. The van der Waals surface area contributed by atoms with Gasteiger partial charge in [-0.1, -0.05) is 36.4 Å². The lowest BCUT2D eigenvalue weighted by Gasteiger charge is -2.24. The van der Waals surface area contributed by atoms with Crippen molar-refractivity contribution in [2.75, 3.05) is 37.4 Å². The summed E-state index contributed by atoms with van der Waals surface area (Å²) in [7, 11) is 1.45. The first-order valence-electron chi connectivity index (χ1n) is 8.73. The minimum Gasteiger partial charge on any atom is -0.383 e. The molecule has 3 rings (SSSR count). The molecule has 2 aromatic rings. The van der Waals surface area contributed by atoms with Gasteiger partial charge in [0, 0.05) is 25.0 Å². The molecule has 0 spiro atoms. The Labute approximate surface area is 157 Å². The summed E-state index contributed by atoms with van der Waals surface area (Å²) in [4.78, 5) is 25.8. The first-order valence-corrected chi connectivity index (χ1v) is 8.73. The molecule has 7 nitrogen and oxygen atoms in total. The van der Waals surface area contributed by atoms with Gasteiger partial charge in [0.25, 0.3) is 0 Å². The number of aliphatic hydroxyl groups is 1. The van der Waals surface area contributed by atoms with E-state index in [1.54, 1.807) is 29.2 Å². The van der Waals surface area contributed by atoms with Crippen molar-refractivity contribution in [2.45, 2.75) is 12.0 Å². The molecule has 1 unspecified atom stereocenters. The fraction of sp³-hybridized carbons (Fsp3) is 0.300. The van der Waals surface area contributed by atoms with E-state index in [2.05, 4.69) is 10.6 Å². The van der Waals surface area contributed by atoms with Crippen molar-refractivity contribution in [3.63, 3.8) is 0 Å². The third kappa shape index (κ3) is 4.64. The number of benzene rings is 2. The van der Waals surface area contributed by atoms with Crippen LogP contribution in [0.3, 0.4) is 0 Å². The molecule has 7 heteroatoms. The van der Waals surface area contributed by atoms with Crippen LogP contribution < -0.4 is 10.6 Å². The predicted molar refractivity (Wildman–Crippen MR) is 102 cm³/mol. The van der Waals surface area contributed by atoms with Crippen LogP contribution in [0.15, 0.2) is 54.6 Å². The predicted octanol–water partition coefficient (Wildman–Crippen LogP) is 2.40. The fourth-order valence-electron chi connectivity index (χ4n) is 3.16. The van der Waals surface area contributed by atoms with Gasteiger partial charge in [0.2, 0.25) is 5.91 Å². The SMILES string of the molecule is COCC(=O)Nc1cccc(NC(=O)N2CCC(O)(c3ccccc3)C2)c1. The van der Waals surface area contributed by atoms with Crippen molar-refractivity contribution in [3.05, 3.63) is 60.2 Å². The molecule has 0 radical (unpaired) electrons. The Morgan fingerprint density at radius 3 is 2.52 bits per heavy atom. The first kappa shape index (κ1) is 18.9. The number of urea groups is 1. The van der Waals surface area contributed by atoms with Gasteiger partial charge in [0.1, 0.15) is 12.2 Å². The number of hydrogen-bond acceptors (Lipinski definition) is 4. The number of methoxy groups -OCH3 is 1. The quantitative estimate of drug-likeness (QED) is 0.755. The van der Waals surface area contributed by atoms with Crippen molar-refractivity contribution in [3.8, 4) is 0 Å². The van der Waals surface area contributed by atoms with Crippen LogP contribution in [0.5, 0.6) is 0 Å². The van der Waals surface area contributed by atoms with Crippen LogP contribution in [-0.2, 0) is 15.1 Å². The Morgan fingerprint density at radius 2 is 1.81 bits per heavy atom. The number of hydrogen-bond donors (Lipinski definition) is 3. The van der Waals surface area contributed by atoms with E-state index in [1.807, 2.05) is 30.3 Å². The maximum absolute atomic E-state index is 12.6. The van der Waals surface area contributed by atoms with E-state index in [4.69, 9.17) is 4.74 Å². The van der Waals surface area contributed by atoms with E-state index >= 15 is 0 Å². The number of carbonyl (C=O) groups excluding carboxylic acids is 2. The standard InChI is InChI=1S/C20H23N3O4/c1-27-13-18(24)21-16-8-5-9-17(12-16)22-19(25)23-11-10-20(26,14-23)15-6-3-2-4-7-15/h2-9,12,26H,10-11,13-14H2,1H3,(H,21,24)(H,22,25). The Balaban J connectivity index is 1.62. The molecule has 0 bridgehead atoms. The normalized spacial score (nSPS) is 19.0. The summed E-state index contributed by atoms with van der Waals surface area (Å²) >= 11 is 0. The molecule has 1 aliphatic rings. The van der Waals surface area contributed by atoms with E-state index in [-0.39, 0.29) is 25.1 Å². The topological polar surface area (TPSA) is 90.9 Å². The molecule has 3 amide bonds. The monoisotopic (exact) mass is 369 g/mol. The number of carbonyl (C=O) groups is 2. The molecule has 142 valence electrons. The van der Waals surface area contributed by atoms with Crippen LogP contribution >= 0.6 is 0 Å². The van der Waals surface area contributed by atoms with Crippen LogP contribution in [0.1, 0.15) is 12.0 Å². The van der Waals surface area contributed by atoms with Crippen LogP contribution in [0.25, 0.3) is 0 Å². The molecule has 0 saturated carbocycles. The highest BCUT2D eigenvalue weighted by atomic mass is 16.5. The fourth-order valence-corrected chi connectivity index (χ4v) is 3.16. The summed E-state index contributed by atoms with van der Waals surface area (Å²) in [6, 6.07) is 16.0. The van der Waals surface area contributed by atoms with E-state index in [9.17, 15) is 14.7 Å². The molecule has 0 aliphatic carbocycles. The second-order valence-corrected chi connectivity index (χ2v) is 6.56. The second kappa shape index (κ2) is 8.20. The third-order valence-electron chi connectivity index (χ3n) is 4.52. The Kier molecular flexibility index (Phi) is 5.73. The first-order chi connectivity index (χ1) is 13.0. The highest BCUT2D eigenvalue weighted by Crippen LogP contribution is 2.32. The summed E-state index contributed by atoms with van der Waals surface area (Å²) < 4.78 is 4.78. The largest absolute Gasteiger partial charge is 0.383 e. The third-order valence-corrected chi connectivity index (χ3v) is 4.52. The van der Waals surface area contributed by atoms with Crippen LogP contribution in [0.4, 0.5) is 16.2 Å². The molecule has 2 aromatic carbocycles. The number of likely N-dealkylation sites (tertiary alicyclic amines) is 1. The average Bonchev–Trinajstić information content (AvgIpc) is 3.07. The minimum atomic E-state index is -1.03. The molecule has 1 atom stereocenters. The molecular weight excluding hydrogens is 346 g/mol. The van der Waals surface area contributed by atoms with Crippen molar-refractivity contribution < 1.29 is 19.4 Å². The summed E-state index contributed by atoms with van der Waals surface area (Å²) in [5, 5.41) is 16.4. The highest BCUT2D eigenvalue weighted by Gasteiger charge is 2.39. The maximum atomic E-state index is 12.6. The van der Waals surface area contributed by atoms with Gasteiger partial charge in [-0.05, 0) is 30.2 Å². The number of nitrogens with zero attached hydrogens (tertiary/aromatic N) is 1. The van der Waals surface area contributed by atoms with E-state index in [0.717, 1.165) is 5.56 Å². The second-order valence-electron chi connectivity index (χ2n) is 6.56. The molecule has 27 heavy (non-hydrogen) atoms. The molecular formula is C20H23N3O4. The van der Waals surface area contributed by atoms with Gasteiger partial charge in [-0.25, -0.2) is 4.79 Å². The van der Waals surface area contributed by atoms with Crippen LogP contribution in [0, 0.1) is 0 Å². The van der Waals surface area contributed by atoms with Crippen molar-refractivity contribution in [1.82, 2.24) is 4.90 Å². The Bertz CT molecular complexity index is 812. The van der Waals surface area contributed by atoms with Crippen molar-refractivity contribution in [1.29, 1.82) is 0 Å². The number of β-amino-alcohol motifs (C(OH)–C–C–N with tert-alkyl or cyclic N) is 1. The lowest BCUT2D eigenvalue weighted by molar-refractivity contribution is -0.119. The average molecular weight is 369 g/mol. The molecule has 0 aromatic heterocycles. The minimum absolute atomic E-state index is 0.0393. The molecule has 3 N–H and O–H groups in total. The van der Waals surface area contributed by atoms with Gasteiger partial charge in [-0.2, -0.15) is 0 Å². The summed E-state index contributed by atoms with van der Waals surface area (Å²) in [5.74, 6) is -0.270. The number of amides is 3. The van der Waals surface area contributed by atoms with Crippen molar-refractivity contribution in [2.24, 2.45) is 0 Å². The summed E-state index contributed by atoms with van der Waals surface area (Å²) in [6.45, 7) is 0.650. The molecule has 1 aliphatic heterocycles. The van der Waals surface area contributed by atoms with E-state index in [1.165, 1.54) is 7.11 Å². The number of nitrogens with one attached hydrogen (secondary N) is 2. The number of ether oxygens (including phenoxy) is 1. The van der Waals surface area contributed by atoms with Gasteiger partial charge in [0.05, 0.1) is 6.54 Å². The van der Waals surface area contributed by atoms with Gasteiger partial charge >= 0.3 is 6.03 Å². The van der Waals surface area contributed by atoms with Crippen molar-refractivity contribution >= 4 is 23.3 Å². The molecule has 1 fully saturated rings. The van der Waals surface area contributed by atoms with E-state index < -0.39 is 5.60 Å². The summed E-state index contributed by atoms with van der Waals surface area (Å²) in [5.41, 5.74) is 0.903. The Hall–Kier alpha value is -2.90. The molecule has 1 heterocycles. The lowest BCUT2D eigenvalue weighted by Crippen LogP contribution is -2.37. The number of rotatable bonds is 5. The van der Waals surface area contributed by atoms with Crippen LogP contribution in [0.2, 0.25) is 0 Å². The van der Waals surface area contributed by atoms with Gasteiger partial charge in [0.15, 0.2) is 0 Å². The zero-order chi connectivity index (χ0) is 19.3. The Morgan fingerprint density at radius 1 is 1.11 bits per heavy atom. The van der Waals surface area contributed by atoms with Gasteiger partial charge in [-0.15, -0.1) is 0 Å². The van der Waals surface area contributed by atoms with Gasteiger partial charge in [-0.3, -0.25) is 4.79 Å². The smallest absolute Gasteiger partial charge is 0.321 e. The zero-order valence-corrected chi connectivity index (χ0v) is 15.1. The van der Waals surface area contributed by atoms with Gasteiger partial charge < -0.3 is 25.4 Å². The van der Waals surface area contributed by atoms with E-state index in [0.29, 0.717) is 24.3 Å². The lowest BCUT2D eigenvalue weighted by atomic mass is 9.93. The maximum Gasteiger partial charge on any atom is 0.321 e.